The quantitative estimate of drug-likeness (QED) is 0.140. The third kappa shape index (κ3) is 17.6. The zero-order valence-corrected chi connectivity index (χ0v) is 45.4. The van der Waals surface area contributed by atoms with Gasteiger partial charge in [0.1, 0.15) is 29.9 Å². The Morgan fingerprint density at radius 1 is 0.458 bits per heavy atom. The van der Waals surface area contributed by atoms with Crippen LogP contribution in [0, 0.1) is 23.7 Å². The highest BCUT2D eigenvalue weighted by Gasteiger charge is 2.42. The Morgan fingerprint density at radius 2 is 0.806 bits per heavy atom. The molecule has 1 aliphatic rings. The summed E-state index contributed by atoms with van der Waals surface area (Å²) >= 11 is 0. The number of hydrogen-bond acceptors (Lipinski definition) is 13. The van der Waals surface area contributed by atoms with E-state index in [1.54, 1.807) is 54.6 Å². The molecule has 0 bridgehead atoms. The van der Waals surface area contributed by atoms with Crippen LogP contribution in [0.3, 0.4) is 0 Å². The summed E-state index contributed by atoms with van der Waals surface area (Å²) in [4.78, 5) is 120. The van der Waals surface area contributed by atoms with Gasteiger partial charge in [-0.05, 0) is 99.8 Å². The van der Waals surface area contributed by atoms with Crippen LogP contribution in [-0.4, -0.2) is 150 Å². The van der Waals surface area contributed by atoms with E-state index in [9.17, 15) is 38.4 Å². The van der Waals surface area contributed by atoms with Crippen LogP contribution in [0.25, 0.3) is 0 Å². The van der Waals surface area contributed by atoms with Crippen molar-refractivity contribution >= 4 is 47.5 Å². The van der Waals surface area contributed by atoms with Gasteiger partial charge in [-0.1, -0.05) is 97.9 Å². The fourth-order valence-electron chi connectivity index (χ4n) is 8.51. The fourth-order valence-corrected chi connectivity index (χ4v) is 8.51. The van der Waals surface area contributed by atoms with Crippen LogP contribution < -0.4 is 4.74 Å². The average Bonchev–Trinajstić information content (AvgIpc) is 3.32. The van der Waals surface area contributed by atoms with Crippen molar-refractivity contribution in [2.75, 3.05) is 34.8 Å². The largest absolute Gasteiger partial charge is 0.494 e. The number of carbonyl (C=O) groups excluding carboxylic acids is 8. The lowest BCUT2D eigenvalue weighted by molar-refractivity contribution is -0.176. The lowest BCUT2D eigenvalue weighted by atomic mass is 10.00. The molecule has 0 N–H and O–H groups in total. The molecule has 2 aromatic rings. The van der Waals surface area contributed by atoms with Crippen LogP contribution >= 0.6 is 0 Å². The molecule has 4 amide bonds. The van der Waals surface area contributed by atoms with Crippen molar-refractivity contribution < 1.29 is 62.0 Å². The van der Waals surface area contributed by atoms with E-state index < -0.39 is 96.1 Å². The number of likely N-dealkylation sites (N-methyl/N-ethyl adjacent to an activating group) is 4. The van der Waals surface area contributed by atoms with Crippen LogP contribution in [0.5, 0.6) is 5.75 Å². The van der Waals surface area contributed by atoms with Gasteiger partial charge in [0.15, 0.2) is 24.4 Å². The summed E-state index contributed by atoms with van der Waals surface area (Å²) in [5.74, 6) is -6.40. The zero-order chi connectivity index (χ0) is 54.1. The molecular formula is C55H82N4O13. The van der Waals surface area contributed by atoms with Crippen molar-refractivity contribution in [3.8, 4) is 5.75 Å². The van der Waals surface area contributed by atoms with Crippen LogP contribution in [0.4, 0.5) is 0 Å². The van der Waals surface area contributed by atoms with Crippen molar-refractivity contribution in [2.45, 2.75) is 170 Å². The highest BCUT2D eigenvalue weighted by molar-refractivity contribution is 5.94. The lowest BCUT2D eigenvalue weighted by Gasteiger charge is -2.35. The van der Waals surface area contributed by atoms with E-state index in [4.69, 9.17) is 23.7 Å². The van der Waals surface area contributed by atoms with E-state index in [1.165, 1.54) is 42.0 Å². The standard InChI is InChI=1S/C55H82N4O13/c1-16-68-41-25-23-40(24-26-41)32-47-51(63)59(15)44(29-35(6)7)54(66)70-38(11)49(61)57(13)45(30-36(8)9)55(67)72-46(31-39-20-18-17-19-21-39)50(62)58(14)43(28-34(4)5)53(65)69-37(10)48(60)56(12)42(52(64)71-47)27-22-33(2)3/h17-21,23-26,33-38,42-47H,16,22,27-32H2,1-15H3/t37-,38-,42+,43+,44+,45+,46-,47-/m1/s1. The molecule has 72 heavy (non-hydrogen) atoms. The number of amides is 4. The van der Waals surface area contributed by atoms with Gasteiger partial charge in [0.05, 0.1) is 6.61 Å². The third-order valence-corrected chi connectivity index (χ3v) is 12.7. The molecule has 1 saturated heterocycles. The number of carbonyl (C=O) groups is 8. The first-order valence-corrected chi connectivity index (χ1v) is 25.4. The van der Waals surface area contributed by atoms with Gasteiger partial charge in [-0.3, -0.25) is 19.2 Å². The number of cyclic esters (lactones) is 4. The zero-order valence-electron chi connectivity index (χ0n) is 45.4. The maximum absolute atomic E-state index is 14.8. The minimum atomic E-state index is -1.52. The number of hydrogen-bond donors (Lipinski definition) is 0. The second kappa shape index (κ2) is 28.3. The van der Waals surface area contributed by atoms with Gasteiger partial charge in [-0.25, -0.2) is 19.2 Å². The summed E-state index contributed by atoms with van der Waals surface area (Å²) in [7, 11) is 5.57. The van der Waals surface area contributed by atoms with Crippen molar-refractivity contribution in [2.24, 2.45) is 23.7 Å². The van der Waals surface area contributed by atoms with Gasteiger partial charge < -0.3 is 43.3 Å². The lowest BCUT2D eigenvalue weighted by Crippen LogP contribution is -2.54. The summed E-state index contributed by atoms with van der Waals surface area (Å²) < 4.78 is 29.5. The Labute approximate surface area is 427 Å². The number of rotatable bonds is 15. The summed E-state index contributed by atoms with van der Waals surface area (Å²) in [6, 6.07) is 10.7. The Balaban J connectivity index is 2.27. The molecule has 0 spiro atoms. The van der Waals surface area contributed by atoms with Gasteiger partial charge in [0.25, 0.3) is 23.6 Å². The molecule has 0 unspecified atom stereocenters. The van der Waals surface area contributed by atoms with Crippen molar-refractivity contribution in [1.29, 1.82) is 0 Å². The number of ether oxygens (including phenoxy) is 5. The molecule has 0 saturated carbocycles. The molecular weight excluding hydrogens is 925 g/mol. The topological polar surface area (TPSA) is 196 Å². The average molecular weight is 1010 g/mol. The van der Waals surface area contributed by atoms with Crippen molar-refractivity contribution in [3.63, 3.8) is 0 Å². The van der Waals surface area contributed by atoms with Gasteiger partial charge in [-0.15, -0.1) is 0 Å². The Kier molecular flexibility index (Phi) is 23.7. The van der Waals surface area contributed by atoms with Gasteiger partial charge in [-0.2, -0.15) is 0 Å². The van der Waals surface area contributed by atoms with E-state index >= 15 is 0 Å². The monoisotopic (exact) mass is 1010 g/mol. The predicted molar refractivity (Wildman–Crippen MR) is 271 cm³/mol. The second-order valence-electron chi connectivity index (χ2n) is 20.7. The van der Waals surface area contributed by atoms with Crippen LogP contribution in [-0.2, 0) is 70.1 Å². The number of benzene rings is 2. The van der Waals surface area contributed by atoms with Crippen molar-refractivity contribution in [1.82, 2.24) is 19.6 Å². The number of esters is 4. The molecule has 3 rings (SSSR count). The first kappa shape index (κ1) is 60.3. The fraction of sp³-hybridized carbons (Fsp3) is 0.636. The van der Waals surface area contributed by atoms with Crippen molar-refractivity contribution in [3.05, 3.63) is 65.7 Å². The van der Waals surface area contributed by atoms with Crippen LogP contribution in [0.2, 0.25) is 0 Å². The first-order valence-electron chi connectivity index (χ1n) is 25.4. The van der Waals surface area contributed by atoms with Crippen LogP contribution in [0.1, 0.15) is 119 Å². The summed E-state index contributed by atoms with van der Waals surface area (Å²) in [5.41, 5.74) is 1.24. The Morgan fingerprint density at radius 3 is 1.18 bits per heavy atom. The summed E-state index contributed by atoms with van der Waals surface area (Å²) in [5, 5.41) is 0. The maximum Gasteiger partial charge on any atom is 0.329 e. The van der Waals surface area contributed by atoms with E-state index in [0.29, 0.717) is 29.9 Å². The summed E-state index contributed by atoms with van der Waals surface area (Å²) in [6.07, 6.45) is -5.24. The third-order valence-electron chi connectivity index (χ3n) is 12.7. The van der Waals surface area contributed by atoms with Crippen LogP contribution in [0.15, 0.2) is 54.6 Å². The molecule has 1 fully saturated rings. The van der Waals surface area contributed by atoms with E-state index in [0.717, 1.165) is 19.6 Å². The van der Waals surface area contributed by atoms with E-state index in [1.807, 2.05) is 62.3 Å². The molecule has 0 radical (unpaired) electrons. The smallest absolute Gasteiger partial charge is 0.329 e. The highest BCUT2D eigenvalue weighted by atomic mass is 16.6. The maximum atomic E-state index is 14.8. The predicted octanol–water partition coefficient (Wildman–Crippen LogP) is 6.45. The molecule has 17 nitrogen and oxygen atoms in total. The molecule has 0 aliphatic carbocycles. The minimum absolute atomic E-state index is 0.0830. The summed E-state index contributed by atoms with van der Waals surface area (Å²) in [6.45, 7) is 20.0. The van der Waals surface area contributed by atoms with Gasteiger partial charge in [0, 0.05) is 41.0 Å². The molecule has 1 aliphatic heterocycles. The molecule has 8 atom stereocenters. The van der Waals surface area contributed by atoms with Gasteiger partial charge >= 0.3 is 23.9 Å². The molecule has 2 aromatic carbocycles. The molecule has 17 heteroatoms. The van der Waals surface area contributed by atoms with Gasteiger partial charge in [0.2, 0.25) is 0 Å². The molecule has 1 heterocycles. The number of nitrogens with zero attached hydrogens (tertiary/aromatic N) is 4. The van der Waals surface area contributed by atoms with E-state index in [-0.39, 0.29) is 62.2 Å². The van der Waals surface area contributed by atoms with E-state index in [2.05, 4.69) is 0 Å². The minimum Gasteiger partial charge on any atom is -0.494 e. The second-order valence-corrected chi connectivity index (χ2v) is 20.7. The first-order chi connectivity index (χ1) is 33.8. The molecule has 400 valence electrons. The SMILES string of the molecule is CCOc1ccc(C[C@H]2OC(=O)[C@H](CCC(C)C)N(C)C(=O)[C@@H](C)OC(=O)[C@H](CC(C)C)N(C)C(=O)[C@@H](Cc3ccccc3)OC(=O)[C@H](CC(C)C)N(C)C(=O)[C@@H](C)OC(=O)[C@H](CC(C)C)N(C)C2=O)cc1. The Bertz CT molecular complexity index is 2130. The Hall–Kier alpha value is -6.00. The normalized spacial score (nSPS) is 24.4. The molecule has 0 aromatic heterocycles. The highest BCUT2D eigenvalue weighted by Crippen LogP contribution is 2.25.